The summed E-state index contributed by atoms with van der Waals surface area (Å²) in [6.07, 6.45) is 1.46. The molecule has 2 rings (SSSR count). The molecule has 0 fully saturated rings. The number of methoxy groups -OCH3 is 1. The highest BCUT2D eigenvalue weighted by Crippen LogP contribution is 2.37. The van der Waals surface area contributed by atoms with Crippen molar-refractivity contribution in [2.24, 2.45) is 0 Å². The summed E-state index contributed by atoms with van der Waals surface area (Å²) in [5.74, 6) is 0.719. The first kappa shape index (κ1) is 12.7. The van der Waals surface area contributed by atoms with Crippen LogP contribution in [0.2, 0.25) is 0 Å². The van der Waals surface area contributed by atoms with Crippen LogP contribution in [0.4, 0.5) is 0 Å². The maximum atomic E-state index is 9.78. The van der Waals surface area contributed by atoms with E-state index in [9.17, 15) is 5.11 Å². The molecule has 0 radical (unpaired) electrons. The predicted molar refractivity (Wildman–Crippen MR) is 68.6 cm³/mol. The van der Waals surface area contributed by atoms with Gasteiger partial charge in [0.15, 0.2) is 11.5 Å². The molecule has 0 aromatic heterocycles. The normalized spacial score (nSPS) is 19.1. The maximum absolute atomic E-state index is 9.78. The number of ether oxygens (including phenoxy) is 1. The molecule has 0 spiro atoms. The van der Waals surface area contributed by atoms with E-state index < -0.39 is 0 Å². The van der Waals surface area contributed by atoms with Crippen molar-refractivity contribution in [3.05, 3.63) is 23.3 Å². The first-order chi connectivity index (χ1) is 8.67. The molecule has 0 aliphatic carbocycles. The molecule has 0 saturated heterocycles. The second-order valence-electron chi connectivity index (χ2n) is 4.59. The van der Waals surface area contributed by atoms with Crippen molar-refractivity contribution in [2.75, 3.05) is 20.2 Å². The van der Waals surface area contributed by atoms with Gasteiger partial charge in [0, 0.05) is 25.6 Å². The third kappa shape index (κ3) is 2.27. The first-order valence-electron chi connectivity index (χ1n) is 6.18. The minimum absolute atomic E-state index is 0.203. The molecular formula is C14H18N2O2. The number of benzene rings is 1. The Balaban J connectivity index is 2.28. The van der Waals surface area contributed by atoms with E-state index in [1.165, 1.54) is 11.1 Å². The summed E-state index contributed by atoms with van der Waals surface area (Å²) in [7, 11) is 1.56. The van der Waals surface area contributed by atoms with Crippen LogP contribution in [0.15, 0.2) is 12.1 Å². The molecule has 1 aliphatic rings. The number of aromatic hydroxyl groups is 1. The quantitative estimate of drug-likeness (QED) is 0.888. The molecule has 1 aromatic rings. The molecule has 1 N–H and O–H groups in total. The smallest absolute Gasteiger partial charge is 0.160 e. The van der Waals surface area contributed by atoms with Gasteiger partial charge in [-0.1, -0.05) is 0 Å². The zero-order chi connectivity index (χ0) is 13.1. The second kappa shape index (κ2) is 5.28. The van der Waals surface area contributed by atoms with Crippen molar-refractivity contribution >= 4 is 0 Å². The lowest BCUT2D eigenvalue weighted by atomic mass is 9.93. The lowest BCUT2D eigenvalue weighted by molar-refractivity contribution is 0.202. The van der Waals surface area contributed by atoms with Crippen molar-refractivity contribution < 1.29 is 9.84 Å². The topological polar surface area (TPSA) is 56.5 Å². The highest BCUT2D eigenvalue weighted by atomic mass is 16.5. The van der Waals surface area contributed by atoms with E-state index in [2.05, 4.69) is 17.9 Å². The van der Waals surface area contributed by atoms with Crippen molar-refractivity contribution in [1.82, 2.24) is 4.90 Å². The summed E-state index contributed by atoms with van der Waals surface area (Å²) in [4.78, 5) is 2.29. The molecule has 1 atom stereocenters. The van der Waals surface area contributed by atoms with Gasteiger partial charge in [-0.15, -0.1) is 0 Å². The summed E-state index contributed by atoms with van der Waals surface area (Å²) < 4.78 is 5.15. The molecule has 1 aromatic carbocycles. The standard InChI is InChI=1S/C14H18N2O2/c1-10-12-9-14(18-2)13(17)8-11(12)4-7-16(10)6-3-5-15/h8-10,17H,3-4,6-7H2,1-2H3. The highest BCUT2D eigenvalue weighted by Gasteiger charge is 2.25. The van der Waals surface area contributed by atoms with Crippen LogP contribution in [-0.4, -0.2) is 30.2 Å². The van der Waals surface area contributed by atoms with Crippen molar-refractivity contribution in [3.8, 4) is 17.6 Å². The van der Waals surface area contributed by atoms with Gasteiger partial charge >= 0.3 is 0 Å². The molecule has 4 nitrogen and oxygen atoms in total. The fourth-order valence-corrected chi connectivity index (χ4v) is 2.55. The van der Waals surface area contributed by atoms with Gasteiger partial charge < -0.3 is 9.84 Å². The third-order valence-corrected chi connectivity index (χ3v) is 3.62. The van der Waals surface area contributed by atoms with Crippen LogP contribution < -0.4 is 4.74 Å². The number of nitrogens with zero attached hydrogens (tertiary/aromatic N) is 2. The van der Waals surface area contributed by atoms with E-state index >= 15 is 0 Å². The largest absolute Gasteiger partial charge is 0.504 e. The van der Waals surface area contributed by atoms with E-state index in [4.69, 9.17) is 10.00 Å². The molecule has 1 heterocycles. The van der Waals surface area contributed by atoms with Crippen LogP contribution in [0.1, 0.15) is 30.5 Å². The Labute approximate surface area is 107 Å². The summed E-state index contributed by atoms with van der Waals surface area (Å²) >= 11 is 0. The summed E-state index contributed by atoms with van der Waals surface area (Å²) in [5, 5.41) is 18.4. The number of fused-ring (bicyclic) bond motifs is 1. The number of hydrogen-bond donors (Lipinski definition) is 1. The van der Waals surface area contributed by atoms with Crippen LogP contribution in [0, 0.1) is 11.3 Å². The fourth-order valence-electron chi connectivity index (χ4n) is 2.55. The third-order valence-electron chi connectivity index (χ3n) is 3.62. The molecule has 18 heavy (non-hydrogen) atoms. The van der Waals surface area contributed by atoms with Crippen LogP contribution >= 0.6 is 0 Å². The highest BCUT2D eigenvalue weighted by molar-refractivity contribution is 5.48. The van der Waals surface area contributed by atoms with E-state index in [0.29, 0.717) is 12.2 Å². The fraction of sp³-hybridized carbons (Fsp3) is 0.500. The zero-order valence-electron chi connectivity index (χ0n) is 10.8. The Morgan fingerprint density at radius 1 is 1.56 bits per heavy atom. The number of hydrogen-bond acceptors (Lipinski definition) is 4. The number of phenolic OH excluding ortho intramolecular Hbond substituents is 1. The van der Waals surface area contributed by atoms with E-state index in [0.717, 1.165) is 19.5 Å². The minimum Gasteiger partial charge on any atom is -0.504 e. The van der Waals surface area contributed by atoms with Gasteiger partial charge in [0.05, 0.1) is 13.2 Å². The van der Waals surface area contributed by atoms with Gasteiger partial charge in [0.25, 0.3) is 0 Å². The van der Waals surface area contributed by atoms with Crippen molar-refractivity contribution in [1.29, 1.82) is 5.26 Å². The minimum atomic E-state index is 0.203. The molecule has 0 amide bonds. The summed E-state index contributed by atoms with van der Waals surface area (Å²) in [5.41, 5.74) is 2.36. The molecule has 4 heteroatoms. The second-order valence-corrected chi connectivity index (χ2v) is 4.59. The van der Waals surface area contributed by atoms with Gasteiger partial charge in [-0.25, -0.2) is 0 Å². The van der Waals surface area contributed by atoms with Crippen LogP contribution in [-0.2, 0) is 6.42 Å². The zero-order valence-corrected chi connectivity index (χ0v) is 10.8. The van der Waals surface area contributed by atoms with E-state index in [1.54, 1.807) is 13.2 Å². The SMILES string of the molecule is COc1cc2c(cc1O)CCN(CCC#N)C2C. The van der Waals surface area contributed by atoms with Crippen LogP contribution in [0.25, 0.3) is 0 Å². The Morgan fingerprint density at radius 3 is 3.00 bits per heavy atom. The van der Waals surface area contributed by atoms with Crippen LogP contribution in [0.5, 0.6) is 11.5 Å². The molecule has 1 aliphatic heterocycles. The molecule has 96 valence electrons. The lowest BCUT2D eigenvalue weighted by Crippen LogP contribution is -2.34. The van der Waals surface area contributed by atoms with Crippen molar-refractivity contribution in [3.63, 3.8) is 0 Å². The van der Waals surface area contributed by atoms with Gasteiger partial charge in [-0.05, 0) is 36.6 Å². The monoisotopic (exact) mass is 246 g/mol. The Morgan fingerprint density at radius 2 is 2.33 bits per heavy atom. The molecule has 0 saturated carbocycles. The first-order valence-corrected chi connectivity index (χ1v) is 6.18. The summed E-state index contributed by atoms with van der Waals surface area (Å²) in [6.45, 7) is 3.85. The van der Waals surface area contributed by atoms with Gasteiger partial charge in [0.1, 0.15) is 0 Å². The van der Waals surface area contributed by atoms with E-state index in [1.807, 2.05) is 6.07 Å². The molecular weight excluding hydrogens is 228 g/mol. The predicted octanol–water partition coefficient (Wildman–Crippen LogP) is 2.23. The average Bonchev–Trinajstić information content (AvgIpc) is 2.37. The Bertz CT molecular complexity index is 479. The number of rotatable bonds is 3. The van der Waals surface area contributed by atoms with Gasteiger partial charge in [-0.2, -0.15) is 5.26 Å². The molecule has 1 unspecified atom stereocenters. The Kier molecular flexibility index (Phi) is 3.73. The van der Waals surface area contributed by atoms with E-state index in [-0.39, 0.29) is 11.8 Å². The summed E-state index contributed by atoms with van der Waals surface area (Å²) in [6, 6.07) is 6.15. The molecule has 0 bridgehead atoms. The Hall–Kier alpha value is -1.73. The lowest BCUT2D eigenvalue weighted by Gasteiger charge is -2.35. The van der Waals surface area contributed by atoms with Crippen LogP contribution in [0.3, 0.4) is 0 Å². The maximum Gasteiger partial charge on any atom is 0.160 e. The average molecular weight is 246 g/mol. The number of phenols is 1. The van der Waals surface area contributed by atoms with Gasteiger partial charge in [-0.3, -0.25) is 4.90 Å². The van der Waals surface area contributed by atoms with Crippen molar-refractivity contribution in [2.45, 2.75) is 25.8 Å². The van der Waals surface area contributed by atoms with Gasteiger partial charge in [0.2, 0.25) is 0 Å². The number of nitriles is 1.